The molecule has 14 heavy (non-hydrogen) atoms. The Hall–Kier alpha value is -0.800. The van der Waals surface area contributed by atoms with Crippen molar-refractivity contribution in [2.75, 3.05) is 0 Å². The van der Waals surface area contributed by atoms with Crippen molar-refractivity contribution in [2.45, 2.75) is 19.6 Å². The molecule has 0 heterocycles. The van der Waals surface area contributed by atoms with Crippen LogP contribution in [0.15, 0.2) is 35.3 Å². The smallest absolute Gasteiger partial charge is 0.124 e. The van der Waals surface area contributed by atoms with Crippen molar-refractivity contribution >= 4 is 15.9 Å². The molecule has 0 aromatic heterocycles. The Labute approximate surface area is 92.9 Å². The van der Waals surface area contributed by atoms with Gasteiger partial charge in [0, 0.05) is 16.6 Å². The van der Waals surface area contributed by atoms with Crippen LogP contribution < -0.4 is 10.5 Å². The molecule has 3 heteroatoms. The minimum Gasteiger partial charge on any atom is -0.486 e. The van der Waals surface area contributed by atoms with E-state index >= 15 is 0 Å². The van der Waals surface area contributed by atoms with Gasteiger partial charge in [0.1, 0.15) is 11.9 Å². The van der Waals surface area contributed by atoms with Gasteiger partial charge in [-0.25, -0.2) is 0 Å². The van der Waals surface area contributed by atoms with E-state index in [2.05, 4.69) is 22.5 Å². The first-order valence-electron chi connectivity index (χ1n) is 4.45. The van der Waals surface area contributed by atoms with Crippen LogP contribution in [0, 0.1) is 0 Å². The van der Waals surface area contributed by atoms with Crippen LogP contribution in [0.1, 0.15) is 12.5 Å². The molecule has 0 fully saturated rings. The summed E-state index contributed by atoms with van der Waals surface area (Å²) < 4.78 is 6.63. The maximum absolute atomic E-state index is 5.62. The van der Waals surface area contributed by atoms with Gasteiger partial charge in [-0.15, -0.1) is 0 Å². The van der Waals surface area contributed by atoms with Gasteiger partial charge in [-0.3, -0.25) is 0 Å². The lowest BCUT2D eigenvalue weighted by Crippen LogP contribution is -2.10. The van der Waals surface area contributed by atoms with Crippen LogP contribution in [0.3, 0.4) is 0 Å². The second kappa shape index (κ2) is 5.17. The number of halogens is 1. The zero-order chi connectivity index (χ0) is 10.6. The molecule has 76 valence electrons. The Morgan fingerprint density at radius 3 is 2.93 bits per heavy atom. The topological polar surface area (TPSA) is 35.2 Å². The predicted octanol–water partition coefficient (Wildman–Crippen LogP) is 2.86. The molecule has 1 unspecified atom stereocenters. The highest BCUT2D eigenvalue weighted by molar-refractivity contribution is 9.10. The second-order valence-electron chi connectivity index (χ2n) is 3.01. The molecular formula is C11H14BrNO. The van der Waals surface area contributed by atoms with Crippen molar-refractivity contribution in [2.24, 2.45) is 5.73 Å². The molecule has 0 radical (unpaired) electrons. The van der Waals surface area contributed by atoms with E-state index < -0.39 is 0 Å². The summed E-state index contributed by atoms with van der Waals surface area (Å²) in [5, 5.41) is 0. The van der Waals surface area contributed by atoms with Crippen LogP contribution >= 0.6 is 15.9 Å². The van der Waals surface area contributed by atoms with Crippen LogP contribution in [-0.4, -0.2) is 6.10 Å². The van der Waals surface area contributed by atoms with E-state index in [0.717, 1.165) is 15.8 Å². The van der Waals surface area contributed by atoms with Crippen molar-refractivity contribution in [1.82, 2.24) is 0 Å². The largest absolute Gasteiger partial charge is 0.486 e. The molecule has 0 spiro atoms. The van der Waals surface area contributed by atoms with Crippen LogP contribution in [0.5, 0.6) is 5.75 Å². The summed E-state index contributed by atoms with van der Waals surface area (Å²) in [7, 11) is 0. The van der Waals surface area contributed by atoms with E-state index in [9.17, 15) is 0 Å². The van der Waals surface area contributed by atoms with Gasteiger partial charge < -0.3 is 10.5 Å². The Balaban J connectivity index is 2.90. The quantitative estimate of drug-likeness (QED) is 0.840. The number of hydrogen-bond acceptors (Lipinski definition) is 2. The van der Waals surface area contributed by atoms with Gasteiger partial charge in [-0.1, -0.05) is 28.6 Å². The average Bonchev–Trinajstić information content (AvgIpc) is 2.20. The molecule has 0 aliphatic heterocycles. The molecule has 1 atom stereocenters. The summed E-state index contributed by atoms with van der Waals surface area (Å²) in [5.74, 6) is 0.822. The van der Waals surface area contributed by atoms with Crippen molar-refractivity contribution in [1.29, 1.82) is 0 Å². The molecule has 0 aliphatic rings. The van der Waals surface area contributed by atoms with Gasteiger partial charge in [0.2, 0.25) is 0 Å². The van der Waals surface area contributed by atoms with Gasteiger partial charge in [-0.2, -0.15) is 0 Å². The number of ether oxygens (including phenoxy) is 1. The summed E-state index contributed by atoms with van der Waals surface area (Å²) in [6.07, 6.45) is 1.75. The van der Waals surface area contributed by atoms with E-state index in [0.29, 0.717) is 6.54 Å². The molecule has 1 aromatic rings. The van der Waals surface area contributed by atoms with Crippen molar-refractivity contribution in [3.05, 3.63) is 40.9 Å². The zero-order valence-electron chi connectivity index (χ0n) is 8.16. The molecular weight excluding hydrogens is 242 g/mol. The number of rotatable bonds is 4. The molecule has 0 saturated heterocycles. The summed E-state index contributed by atoms with van der Waals surface area (Å²) in [6, 6.07) is 5.81. The van der Waals surface area contributed by atoms with Crippen LogP contribution in [0.4, 0.5) is 0 Å². The van der Waals surface area contributed by atoms with E-state index in [1.807, 2.05) is 25.1 Å². The third kappa shape index (κ3) is 2.86. The molecule has 0 saturated carbocycles. The number of nitrogens with two attached hydrogens (primary N) is 1. The van der Waals surface area contributed by atoms with E-state index in [-0.39, 0.29) is 6.10 Å². The fraction of sp³-hybridized carbons (Fsp3) is 0.273. The summed E-state index contributed by atoms with van der Waals surface area (Å²) in [4.78, 5) is 0. The molecule has 0 aliphatic carbocycles. The van der Waals surface area contributed by atoms with Crippen molar-refractivity contribution in [3.8, 4) is 5.75 Å². The van der Waals surface area contributed by atoms with Crippen LogP contribution in [0.25, 0.3) is 0 Å². The normalized spacial score (nSPS) is 12.2. The highest BCUT2D eigenvalue weighted by Crippen LogP contribution is 2.23. The molecule has 0 bridgehead atoms. The fourth-order valence-corrected chi connectivity index (χ4v) is 1.48. The first-order valence-corrected chi connectivity index (χ1v) is 5.24. The van der Waals surface area contributed by atoms with Crippen LogP contribution in [0.2, 0.25) is 0 Å². The molecule has 2 N–H and O–H groups in total. The van der Waals surface area contributed by atoms with Crippen LogP contribution in [-0.2, 0) is 6.54 Å². The van der Waals surface area contributed by atoms with Gasteiger partial charge in [0.15, 0.2) is 0 Å². The highest BCUT2D eigenvalue weighted by Gasteiger charge is 2.05. The van der Waals surface area contributed by atoms with E-state index in [1.165, 1.54) is 0 Å². The minimum absolute atomic E-state index is 0.00137. The first kappa shape index (κ1) is 11.3. The monoisotopic (exact) mass is 255 g/mol. The van der Waals surface area contributed by atoms with E-state index in [1.54, 1.807) is 6.08 Å². The lowest BCUT2D eigenvalue weighted by molar-refractivity contribution is 0.267. The SMILES string of the molecule is C=CC(C)Oc1ccc(Br)cc1CN. The van der Waals surface area contributed by atoms with Crippen molar-refractivity contribution in [3.63, 3.8) is 0 Å². The van der Waals surface area contributed by atoms with Gasteiger partial charge in [0.25, 0.3) is 0 Å². The lowest BCUT2D eigenvalue weighted by Gasteiger charge is -2.14. The fourth-order valence-electron chi connectivity index (χ4n) is 1.07. The Morgan fingerprint density at radius 1 is 1.64 bits per heavy atom. The second-order valence-corrected chi connectivity index (χ2v) is 3.93. The van der Waals surface area contributed by atoms with E-state index in [4.69, 9.17) is 10.5 Å². The predicted molar refractivity (Wildman–Crippen MR) is 62.3 cm³/mol. The first-order chi connectivity index (χ1) is 6.67. The maximum Gasteiger partial charge on any atom is 0.124 e. The van der Waals surface area contributed by atoms with Gasteiger partial charge in [0.05, 0.1) is 0 Å². The number of hydrogen-bond donors (Lipinski definition) is 1. The molecule has 2 nitrogen and oxygen atoms in total. The van der Waals surface area contributed by atoms with Crippen molar-refractivity contribution < 1.29 is 4.74 Å². The third-order valence-corrected chi connectivity index (χ3v) is 2.38. The van der Waals surface area contributed by atoms with Gasteiger partial charge in [-0.05, 0) is 25.1 Å². The third-order valence-electron chi connectivity index (χ3n) is 1.89. The highest BCUT2D eigenvalue weighted by atomic mass is 79.9. The zero-order valence-corrected chi connectivity index (χ0v) is 9.75. The Bertz CT molecular complexity index is 325. The standard InChI is InChI=1S/C11H14BrNO/c1-3-8(2)14-11-5-4-10(12)6-9(11)7-13/h3-6,8H,1,7,13H2,2H3. The average molecular weight is 256 g/mol. The van der Waals surface area contributed by atoms with Gasteiger partial charge >= 0.3 is 0 Å². The maximum atomic E-state index is 5.62. The molecule has 1 rings (SSSR count). The Morgan fingerprint density at radius 2 is 2.36 bits per heavy atom. The minimum atomic E-state index is 0.00137. The molecule has 1 aromatic carbocycles. The summed E-state index contributed by atoms with van der Waals surface area (Å²) >= 11 is 3.39. The Kier molecular flexibility index (Phi) is 4.17. The lowest BCUT2D eigenvalue weighted by atomic mass is 10.2. The molecule has 0 amide bonds. The summed E-state index contributed by atoms with van der Waals surface area (Å²) in [5.41, 5.74) is 6.60. The number of benzene rings is 1. The summed E-state index contributed by atoms with van der Waals surface area (Å²) in [6.45, 7) is 6.07.